The SMILES string of the molecule is Cc1nc(C(=O)N[C@@H](C(=O)O)c2ccccc2Cl)no1. The molecule has 0 aliphatic rings. The molecule has 0 radical (unpaired) electrons. The van der Waals surface area contributed by atoms with E-state index in [1.165, 1.54) is 19.1 Å². The smallest absolute Gasteiger partial charge is 0.330 e. The molecule has 1 aromatic carbocycles. The van der Waals surface area contributed by atoms with E-state index < -0.39 is 17.9 Å². The number of amides is 1. The first kappa shape index (κ1) is 14.0. The van der Waals surface area contributed by atoms with Gasteiger partial charge < -0.3 is 14.9 Å². The molecule has 0 aliphatic carbocycles. The summed E-state index contributed by atoms with van der Waals surface area (Å²) >= 11 is 5.93. The number of aryl methyl sites for hydroxylation is 1. The average Bonchev–Trinajstić information content (AvgIpc) is 2.83. The number of carboxylic acid groups (broad SMARTS) is 1. The van der Waals surface area contributed by atoms with Crippen molar-refractivity contribution in [2.75, 3.05) is 0 Å². The molecule has 2 N–H and O–H groups in total. The Labute approximate surface area is 118 Å². The monoisotopic (exact) mass is 295 g/mol. The van der Waals surface area contributed by atoms with E-state index in [2.05, 4.69) is 20.0 Å². The molecule has 0 saturated heterocycles. The molecule has 20 heavy (non-hydrogen) atoms. The van der Waals surface area contributed by atoms with Gasteiger partial charge in [-0.15, -0.1) is 0 Å². The molecule has 104 valence electrons. The number of carbonyl (C=O) groups is 2. The Hall–Kier alpha value is -2.41. The van der Waals surface area contributed by atoms with Gasteiger partial charge in [0, 0.05) is 17.5 Å². The summed E-state index contributed by atoms with van der Waals surface area (Å²) < 4.78 is 4.66. The quantitative estimate of drug-likeness (QED) is 0.887. The van der Waals surface area contributed by atoms with Gasteiger partial charge in [0.25, 0.3) is 11.7 Å². The van der Waals surface area contributed by atoms with E-state index in [-0.39, 0.29) is 22.3 Å². The first-order valence-electron chi connectivity index (χ1n) is 5.57. The summed E-state index contributed by atoms with van der Waals surface area (Å²) in [6, 6.07) is 5.05. The summed E-state index contributed by atoms with van der Waals surface area (Å²) in [4.78, 5) is 26.9. The van der Waals surface area contributed by atoms with Gasteiger partial charge in [-0.25, -0.2) is 4.79 Å². The van der Waals surface area contributed by atoms with Gasteiger partial charge in [0.15, 0.2) is 6.04 Å². The number of hydrogen-bond acceptors (Lipinski definition) is 5. The minimum atomic E-state index is -1.30. The number of aromatic nitrogens is 2. The Morgan fingerprint density at radius 3 is 2.65 bits per heavy atom. The van der Waals surface area contributed by atoms with E-state index in [4.69, 9.17) is 11.6 Å². The molecule has 1 atom stereocenters. The molecule has 0 saturated carbocycles. The molecule has 0 bridgehead atoms. The second kappa shape index (κ2) is 5.70. The van der Waals surface area contributed by atoms with Gasteiger partial charge in [0.1, 0.15) is 0 Å². The predicted octanol–water partition coefficient (Wildman–Crippen LogP) is 1.59. The Morgan fingerprint density at radius 1 is 1.40 bits per heavy atom. The summed E-state index contributed by atoms with van der Waals surface area (Å²) in [7, 11) is 0. The fourth-order valence-corrected chi connectivity index (χ4v) is 1.81. The summed E-state index contributed by atoms with van der Waals surface area (Å²) in [5, 5.41) is 15.2. The van der Waals surface area contributed by atoms with Crippen LogP contribution in [0.15, 0.2) is 28.8 Å². The van der Waals surface area contributed by atoms with Crippen LogP contribution in [0.3, 0.4) is 0 Å². The van der Waals surface area contributed by atoms with Gasteiger partial charge in [-0.05, 0) is 6.07 Å². The largest absolute Gasteiger partial charge is 0.479 e. The number of halogens is 1. The van der Waals surface area contributed by atoms with Crippen LogP contribution in [0.1, 0.15) is 28.1 Å². The topological polar surface area (TPSA) is 105 Å². The lowest BCUT2D eigenvalue weighted by molar-refractivity contribution is -0.139. The van der Waals surface area contributed by atoms with Crippen LogP contribution in [0.4, 0.5) is 0 Å². The van der Waals surface area contributed by atoms with E-state index in [1.807, 2.05) is 0 Å². The fourth-order valence-electron chi connectivity index (χ4n) is 1.57. The third-order valence-corrected chi connectivity index (χ3v) is 2.81. The van der Waals surface area contributed by atoms with Crippen molar-refractivity contribution in [3.8, 4) is 0 Å². The first-order chi connectivity index (χ1) is 9.49. The predicted molar refractivity (Wildman–Crippen MR) is 68.3 cm³/mol. The Morgan fingerprint density at radius 2 is 2.10 bits per heavy atom. The second-order valence-electron chi connectivity index (χ2n) is 3.90. The summed E-state index contributed by atoms with van der Waals surface area (Å²) in [5.41, 5.74) is 0.273. The number of nitrogens with one attached hydrogen (secondary N) is 1. The van der Waals surface area contributed by atoms with Crippen molar-refractivity contribution in [3.63, 3.8) is 0 Å². The van der Waals surface area contributed by atoms with Crippen molar-refractivity contribution in [1.29, 1.82) is 0 Å². The number of aliphatic carboxylic acids is 1. The molecule has 0 unspecified atom stereocenters. The third-order valence-electron chi connectivity index (χ3n) is 2.47. The maximum Gasteiger partial charge on any atom is 0.330 e. The summed E-state index contributed by atoms with van der Waals surface area (Å²) in [6.45, 7) is 1.52. The van der Waals surface area contributed by atoms with Crippen LogP contribution in [0.5, 0.6) is 0 Å². The zero-order valence-electron chi connectivity index (χ0n) is 10.3. The maximum absolute atomic E-state index is 11.9. The molecule has 0 aliphatic heterocycles. The molecule has 1 aromatic heterocycles. The van der Waals surface area contributed by atoms with E-state index in [0.29, 0.717) is 0 Å². The van der Waals surface area contributed by atoms with E-state index in [1.54, 1.807) is 12.1 Å². The minimum Gasteiger partial charge on any atom is -0.479 e. The lowest BCUT2D eigenvalue weighted by Crippen LogP contribution is -2.34. The molecule has 2 rings (SSSR count). The number of carboxylic acids is 1. The van der Waals surface area contributed by atoms with Gasteiger partial charge in [-0.3, -0.25) is 4.79 Å². The zero-order valence-corrected chi connectivity index (χ0v) is 11.1. The standard InChI is InChI=1S/C12H10ClN3O4/c1-6-14-10(16-20-6)11(17)15-9(12(18)19)7-4-2-3-5-8(7)13/h2-5,9H,1H3,(H,15,17)(H,18,19)/t9-/m1/s1. The van der Waals surface area contributed by atoms with Gasteiger partial charge in [-0.2, -0.15) is 4.98 Å². The number of rotatable bonds is 4. The molecular weight excluding hydrogens is 286 g/mol. The van der Waals surface area contributed by atoms with Crippen molar-refractivity contribution >= 4 is 23.5 Å². The second-order valence-corrected chi connectivity index (χ2v) is 4.31. The molecular formula is C12H10ClN3O4. The molecule has 1 heterocycles. The molecule has 2 aromatic rings. The molecule has 0 fully saturated rings. The van der Waals surface area contributed by atoms with Crippen LogP contribution in [0, 0.1) is 6.92 Å². The fraction of sp³-hybridized carbons (Fsp3) is 0.167. The highest BCUT2D eigenvalue weighted by Crippen LogP contribution is 2.23. The maximum atomic E-state index is 11.9. The van der Waals surface area contributed by atoms with Gasteiger partial charge in [0.2, 0.25) is 5.89 Å². The molecule has 7 nitrogen and oxygen atoms in total. The number of benzene rings is 1. The van der Waals surface area contributed by atoms with Gasteiger partial charge >= 0.3 is 5.97 Å². The average molecular weight is 296 g/mol. The van der Waals surface area contributed by atoms with Crippen LogP contribution >= 0.6 is 11.6 Å². The first-order valence-corrected chi connectivity index (χ1v) is 5.95. The van der Waals surface area contributed by atoms with Gasteiger partial charge in [-0.1, -0.05) is 35.0 Å². The molecule has 8 heteroatoms. The van der Waals surface area contributed by atoms with Crippen molar-refractivity contribution in [2.45, 2.75) is 13.0 Å². The summed E-state index contributed by atoms with van der Waals surface area (Å²) in [5.74, 6) is -2.03. The Kier molecular flexibility index (Phi) is 3.99. The van der Waals surface area contributed by atoms with Crippen LogP contribution < -0.4 is 5.32 Å². The number of hydrogen-bond donors (Lipinski definition) is 2. The zero-order chi connectivity index (χ0) is 14.7. The number of carbonyl (C=O) groups excluding carboxylic acids is 1. The normalized spacial score (nSPS) is 11.9. The van der Waals surface area contributed by atoms with Crippen LogP contribution in [-0.4, -0.2) is 27.1 Å². The van der Waals surface area contributed by atoms with Crippen molar-refractivity contribution < 1.29 is 19.2 Å². The van der Waals surface area contributed by atoms with E-state index in [0.717, 1.165) is 0 Å². The highest BCUT2D eigenvalue weighted by Gasteiger charge is 2.26. The highest BCUT2D eigenvalue weighted by atomic mass is 35.5. The van der Waals surface area contributed by atoms with Crippen molar-refractivity contribution in [1.82, 2.24) is 15.5 Å². The van der Waals surface area contributed by atoms with Gasteiger partial charge in [0.05, 0.1) is 0 Å². The van der Waals surface area contributed by atoms with Crippen molar-refractivity contribution in [3.05, 3.63) is 46.6 Å². The molecule has 0 spiro atoms. The van der Waals surface area contributed by atoms with Crippen molar-refractivity contribution in [2.24, 2.45) is 0 Å². The lowest BCUT2D eigenvalue weighted by atomic mass is 10.1. The van der Waals surface area contributed by atoms with Crippen LogP contribution in [-0.2, 0) is 4.79 Å². The van der Waals surface area contributed by atoms with Crippen LogP contribution in [0.25, 0.3) is 0 Å². The van der Waals surface area contributed by atoms with E-state index >= 15 is 0 Å². The highest BCUT2D eigenvalue weighted by molar-refractivity contribution is 6.31. The third kappa shape index (κ3) is 2.94. The van der Waals surface area contributed by atoms with Crippen LogP contribution in [0.2, 0.25) is 5.02 Å². The Bertz CT molecular complexity index is 656. The minimum absolute atomic E-state index is 0.208. The van der Waals surface area contributed by atoms with E-state index in [9.17, 15) is 14.7 Å². The lowest BCUT2D eigenvalue weighted by Gasteiger charge is -2.14. The Balaban J connectivity index is 2.25. The molecule has 1 amide bonds. The number of nitrogens with zero attached hydrogens (tertiary/aromatic N) is 2. The summed E-state index contributed by atoms with van der Waals surface area (Å²) in [6.07, 6.45) is 0.